The van der Waals surface area contributed by atoms with Gasteiger partial charge in [-0.25, -0.2) is 4.90 Å². The molecule has 168 valence electrons. The fraction of sp³-hybridized carbons (Fsp3) is 0.148. The lowest BCUT2D eigenvalue weighted by Gasteiger charge is -2.36. The maximum absolute atomic E-state index is 13.9. The molecule has 7 heteroatoms. The minimum absolute atomic E-state index is 0.187. The second-order valence-electron chi connectivity index (χ2n) is 8.65. The zero-order valence-corrected chi connectivity index (χ0v) is 19.3. The van der Waals surface area contributed by atoms with Gasteiger partial charge in [0.15, 0.2) is 5.78 Å². The molecule has 3 aromatic carbocycles. The van der Waals surface area contributed by atoms with Crippen LogP contribution in [0.1, 0.15) is 15.9 Å². The van der Waals surface area contributed by atoms with Crippen molar-refractivity contribution < 1.29 is 14.4 Å². The number of halogens is 2. The molecular weight excluding hydrogens is 471 g/mol. The smallest absolute Gasteiger partial charge is 0.240 e. The van der Waals surface area contributed by atoms with Crippen LogP contribution in [0.25, 0.3) is 6.08 Å². The van der Waals surface area contributed by atoms with Crippen molar-refractivity contribution in [2.24, 2.45) is 11.8 Å². The van der Waals surface area contributed by atoms with E-state index in [1.807, 2.05) is 47.4 Å². The number of hydrogen-bond donors (Lipinski definition) is 0. The lowest BCUT2D eigenvalue weighted by atomic mass is 9.86. The molecule has 34 heavy (non-hydrogen) atoms. The molecule has 3 aromatic rings. The molecule has 0 spiro atoms. The SMILES string of the molecule is O=C(c1ccccc1)[C@H]1[C@H]2C(=O)N(c3ccc(Cl)cc3Cl)C(=O)[C@H]2[C@@H]2C=Cc3ccccc3N21. The monoisotopic (exact) mass is 488 g/mol. The normalized spacial score (nSPS) is 24.8. The average molecular weight is 489 g/mol. The Kier molecular flexibility index (Phi) is 4.87. The molecule has 2 amide bonds. The molecule has 0 saturated carbocycles. The van der Waals surface area contributed by atoms with Gasteiger partial charge in [-0.15, -0.1) is 0 Å². The van der Waals surface area contributed by atoms with Crippen LogP contribution in [0.3, 0.4) is 0 Å². The van der Waals surface area contributed by atoms with E-state index in [0.29, 0.717) is 10.6 Å². The maximum Gasteiger partial charge on any atom is 0.240 e. The third-order valence-corrected chi connectivity index (χ3v) is 7.43. The number of rotatable bonds is 3. The number of benzene rings is 3. The van der Waals surface area contributed by atoms with E-state index < -0.39 is 29.8 Å². The van der Waals surface area contributed by atoms with Crippen molar-refractivity contribution in [3.8, 4) is 0 Å². The first kappa shape index (κ1) is 21.1. The van der Waals surface area contributed by atoms with Crippen LogP contribution in [0.4, 0.5) is 11.4 Å². The lowest BCUT2D eigenvalue weighted by Crippen LogP contribution is -2.48. The lowest BCUT2D eigenvalue weighted by molar-refractivity contribution is -0.122. The zero-order chi connectivity index (χ0) is 23.6. The first-order valence-electron chi connectivity index (χ1n) is 10.9. The molecule has 0 bridgehead atoms. The van der Waals surface area contributed by atoms with Gasteiger partial charge in [0.1, 0.15) is 6.04 Å². The number of ketones is 1. The van der Waals surface area contributed by atoms with Crippen LogP contribution < -0.4 is 9.80 Å². The van der Waals surface area contributed by atoms with E-state index in [1.54, 1.807) is 36.4 Å². The van der Waals surface area contributed by atoms with Gasteiger partial charge in [-0.05, 0) is 29.8 Å². The van der Waals surface area contributed by atoms with Gasteiger partial charge < -0.3 is 4.90 Å². The van der Waals surface area contributed by atoms with Crippen molar-refractivity contribution in [1.29, 1.82) is 0 Å². The number of carbonyl (C=O) groups excluding carboxylic acids is 3. The van der Waals surface area contributed by atoms with E-state index in [0.717, 1.165) is 16.2 Å². The topological polar surface area (TPSA) is 57.7 Å². The molecule has 4 atom stereocenters. The van der Waals surface area contributed by atoms with Gasteiger partial charge >= 0.3 is 0 Å². The second-order valence-corrected chi connectivity index (χ2v) is 9.49. The fourth-order valence-corrected chi connectivity index (χ4v) is 5.98. The van der Waals surface area contributed by atoms with Crippen molar-refractivity contribution in [2.75, 3.05) is 9.80 Å². The Hall–Kier alpha value is -3.41. The molecule has 0 aliphatic carbocycles. The molecule has 3 aliphatic heterocycles. The molecular formula is C27H18Cl2N2O3. The van der Waals surface area contributed by atoms with Crippen LogP contribution >= 0.6 is 23.2 Å². The molecule has 2 fully saturated rings. The molecule has 3 aliphatic rings. The summed E-state index contributed by atoms with van der Waals surface area (Å²) in [5.41, 5.74) is 2.58. The van der Waals surface area contributed by atoms with Gasteiger partial charge in [0, 0.05) is 16.3 Å². The molecule has 0 N–H and O–H groups in total. The molecule has 0 unspecified atom stereocenters. The fourth-order valence-electron chi connectivity index (χ4n) is 5.49. The summed E-state index contributed by atoms with van der Waals surface area (Å²) in [5, 5.41) is 0.615. The summed E-state index contributed by atoms with van der Waals surface area (Å²) in [5.74, 6) is -2.52. The predicted molar refractivity (Wildman–Crippen MR) is 132 cm³/mol. The summed E-state index contributed by atoms with van der Waals surface area (Å²) in [6.07, 6.45) is 3.88. The second kappa shape index (κ2) is 7.83. The molecule has 5 nitrogen and oxygen atoms in total. The Balaban J connectivity index is 1.51. The van der Waals surface area contributed by atoms with Crippen molar-refractivity contribution >= 4 is 58.3 Å². The van der Waals surface area contributed by atoms with Gasteiger partial charge in [0.05, 0.1) is 28.6 Å². The number of fused-ring (bicyclic) bond motifs is 5. The van der Waals surface area contributed by atoms with E-state index >= 15 is 0 Å². The van der Waals surface area contributed by atoms with Crippen LogP contribution in [-0.2, 0) is 9.59 Å². The Morgan fingerprint density at radius 1 is 0.794 bits per heavy atom. The zero-order valence-electron chi connectivity index (χ0n) is 17.8. The number of carbonyl (C=O) groups is 3. The first-order chi connectivity index (χ1) is 16.5. The average Bonchev–Trinajstić information content (AvgIpc) is 3.32. The predicted octanol–water partition coefficient (Wildman–Crippen LogP) is 5.27. The van der Waals surface area contributed by atoms with Crippen LogP contribution in [0, 0.1) is 11.8 Å². The Morgan fingerprint density at radius 3 is 2.26 bits per heavy atom. The molecule has 6 rings (SSSR count). The highest BCUT2D eigenvalue weighted by Crippen LogP contribution is 2.50. The van der Waals surface area contributed by atoms with E-state index in [-0.39, 0.29) is 22.4 Å². The van der Waals surface area contributed by atoms with E-state index in [9.17, 15) is 14.4 Å². The van der Waals surface area contributed by atoms with E-state index in [2.05, 4.69) is 0 Å². The van der Waals surface area contributed by atoms with Gasteiger partial charge in [0.2, 0.25) is 11.8 Å². The molecule has 2 saturated heterocycles. The van der Waals surface area contributed by atoms with Crippen LogP contribution in [0.5, 0.6) is 0 Å². The largest absolute Gasteiger partial charge is 0.352 e. The number of Topliss-reactive ketones (excluding diaryl/α,β-unsaturated/α-hetero) is 1. The highest BCUT2D eigenvalue weighted by Gasteiger charge is 2.64. The molecule has 3 heterocycles. The molecule has 0 radical (unpaired) electrons. The summed E-state index contributed by atoms with van der Waals surface area (Å²) in [7, 11) is 0. The summed E-state index contributed by atoms with van der Waals surface area (Å²) < 4.78 is 0. The summed E-state index contributed by atoms with van der Waals surface area (Å²) in [4.78, 5) is 44.5. The number of hydrogen-bond acceptors (Lipinski definition) is 4. The number of imide groups is 1. The van der Waals surface area contributed by atoms with Crippen molar-refractivity contribution in [3.05, 3.63) is 100 Å². The summed E-state index contributed by atoms with van der Waals surface area (Å²) >= 11 is 12.4. The Labute approximate surface area is 206 Å². The van der Waals surface area contributed by atoms with Crippen molar-refractivity contribution in [3.63, 3.8) is 0 Å². The third-order valence-electron chi connectivity index (χ3n) is 6.89. The van der Waals surface area contributed by atoms with Gasteiger partial charge in [0.25, 0.3) is 0 Å². The minimum atomic E-state index is -0.840. The van der Waals surface area contributed by atoms with E-state index in [4.69, 9.17) is 23.2 Å². The number of nitrogens with zero attached hydrogens (tertiary/aromatic N) is 2. The van der Waals surface area contributed by atoms with E-state index in [1.165, 1.54) is 6.07 Å². The van der Waals surface area contributed by atoms with Crippen LogP contribution in [-0.4, -0.2) is 29.7 Å². The van der Waals surface area contributed by atoms with Crippen molar-refractivity contribution in [1.82, 2.24) is 0 Å². The van der Waals surface area contributed by atoms with Crippen LogP contribution in [0.2, 0.25) is 10.0 Å². The van der Waals surface area contributed by atoms with Crippen LogP contribution in [0.15, 0.2) is 78.9 Å². The highest BCUT2D eigenvalue weighted by atomic mass is 35.5. The quantitative estimate of drug-likeness (QED) is 0.372. The summed E-state index contributed by atoms with van der Waals surface area (Å²) in [6, 6.07) is 20.0. The minimum Gasteiger partial charge on any atom is -0.352 e. The van der Waals surface area contributed by atoms with Crippen molar-refractivity contribution in [2.45, 2.75) is 12.1 Å². The Morgan fingerprint density at radius 2 is 1.50 bits per heavy atom. The van der Waals surface area contributed by atoms with Gasteiger partial charge in [-0.1, -0.05) is 83.9 Å². The number of anilines is 2. The Bertz CT molecular complexity index is 1390. The highest BCUT2D eigenvalue weighted by molar-refractivity contribution is 6.38. The summed E-state index contributed by atoms with van der Waals surface area (Å²) in [6.45, 7) is 0. The third kappa shape index (κ3) is 2.97. The number of amides is 2. The number of para-hydroxylation sites is 1. The first-order valence-corrected chi connectivity index (χ1v) is 11.7. The van der Waals surface area contributed by atoms with Gasteiger partial charge in [-0.3, -0.25) is 14.4 Å². The van der Waals surface area contributed by atoms with Gasteiger partial charge in [-0.2, -0.15) is 0 Å². The maximum atomic E-state index is 13.9. The molecule has 0 aromatic heterocycles. The standard InChI is InChI=1S/C27H18Cl2N2O3/c28-17-11-13-20(18(29)14-17)31-26(33)22-21-12-10-15-6-4-5-9-19(15)30(21)24(23(22)27(31)34)25(32)16-7-2-1-3-8-16/h1-14,21-24H/t21-,22-,23-,24+/m0/s1.